The van der Waals surface area contributed by atoms with Crippen LogP contribution in [0.4, 0.5) is 4.79 Å². The Morgan fingerprint density at radius 1 is 0.623 bits per heavy atom. The number of hydrogen-bond acceptors (Lipinski definition) is 12. The number of alkyl carbamates (subject to hydrolysis) is 1. The minimum absolute atomic E-state index is 0.00249. The van der Waals surface area contributed by atoms with Gasteiger partial charge in [0, 0.05) is 13.0 Å². The SMILES string of the molecule is COC(=O)[C@H](COC(C)(C)C)NC(=O)[C@@H](NC(=O)[C@H](Cc1ccccc1)NC(=O)[C@@H](NC(=O)[C@@H](N)CCCCNC(=O)OC(C)(C)C)[C@@H](C)OC(C)(C)C)[C@@H](C)OC(C)(C)C. The molecule has 17 heteroatoms. The fourth-order valence-electron chi connectivity index (χ4n) is 5.91. The highest BCUT2D eigenvalue weighted by molar-refractivity contribution is 5.96. The van der Waals surface area contributed by atoms with Crippen molar-refractivity contribution in [3.8, 4) is 0 Å². The van der Waals surface area contributed by atoms with Crippen LogP contribution in [0.1, 0.15) is 122 Å². The molecule has 0 heterocycles. The van der Waals surface area contributed by atoms with E-state index in [1.54, 1.807) is 121 Å². The van der Waals surface area contributed by atoms with E-state index < -0.39 is 101 Å². The maximum atomic E-state index is 14.4. The molecule has 0 saturated carbocycles. The molecule has 0 spiro atoms. The molecule has 1 aromatic rings. The Kier molecular flexibility index (Phi) is 21.8. The van der Waals surface area contributed by atoms with E-state index in [-0.39, 0.29) is 19.4 Å². The van der Waals surface area contributed by atoms with E-state index in [1.807, 2.05) is 6.07 Å². The van der Waals surface area contributed by atoms with E-state index in [2.05, 4.69) is 26.6 Å². The Balaban J connectivity index is 3.43. The third-order valence-corrected chi connectivity index (χ3v) is 8.53. The number of nitrogens with two attached hydrogens (primary N) is 1. The van der Waals surface area contributed by atoms with Crippen LogP contribution in [0.3, 0.4) is 0 Å². The number of amides is 5. The Labute approximate surface area is 363 Å². The summed E-state index contributed by atoms with van der Waals surface area (Å²) in [5.41, 5.74) is 4.22. The molecule has 0 aliphatic heterocycles. The zero-order chi connectivity index (χ0) is 46.9. The molecule has 7 N–H and O–H groups in total. The summed E-state index contributed by atoms with van der Waals surface area (Å²) < 4.78 is 28.2. The first-order valence-corrected chi connectivity index (χ1v) is 21.0. The third-order valence-electron chi connectivity index (χ3n) is 8.53. The first-order chi connectivity index (χ1) is 27.9. The lowest BCUT2D eigenvalue weighted by Gasteiger charge is -2.34. The number of unbranched alkanes of at least 4 members (excludes halogenated alkanes) is 1. The smallest absolute Gasteiger partial charge is 0.407 e. The van der Waals surface area contributed by atoms with Gasteiger partial charge in [0.25, 0.3) is 0 Å². The molecular weight excluding hydrogens is 789 g/mol. The van der Waals surface area contributed by atoms with Gasteiger partial charge in [0.05, 0.1) is 48.8 Å². The van der Waals surface area contributed by atoms with E-state index in [9.17, 15) is 28.8 Å². The molecule has 0 aliphatic rings. The quantitative estimate of drug-likeness (QED) is 0.0726. The van der Waals surface area contributed by atoms with Crippen LogP contribution in [0, 0.1) is 0 Å². The second-order valence-corrected chi connectivity index (χ2v) is 19.1. The van der Waals surface area contributed by atoms with Crippen molar-refractivity contribution < 1.29 is 52.5 Å². The van der Waals surface area contributed by atoms with Gasteiger partial charge in [-0.2, -0.15) is 0 Å². The van der Waals surface area contributed by atoms with Crippen molar-refractivity contribution in [3.63, 3.8) is 0 Å². The molecule has 0 saturated heterocycles. The van der Waals surface area contributed by atoms with Crippen molar-refractivity contribution in [1.29, 1.82) is 0 Å². The van der Waals surface area contributed by atoms with Crippen molar-refractivity contribution in [2.45, 2.75) is 187 Å². The molecule has 0 fully saturated rings. The summed E-state index contributed by atoms with van der Waals surface area (Å²) in [4.78, 5) is 80.9. The number of hydrogen-bond donors (Lipinski definition) is 6. The van der Waals surface area contributed by atoms with Crippen molar-refractivity contribution >= 4 is 35.7 Å². The number of ether oxygens (including phenoxy) is 5. The van der Waals surface area contributed by atoms with Crippen LogP contribution >= 0.6 is 0 Å². The fourth-order valence-corrected chi connectivity index (χ4v) is 5.91. The van der Waals surface area contributed by atoms with Crippen LogP contribution in [0.2, 0.25) is 0 Å². The van der Waals surface area contributed by atoms with E-state index in [1.165, 1.54) is 7.11 Å². The van der Waals surface area contributed by atoms with E-state index in [4.69, 9.17) is 29.4 Å². The molecule has 0 unspecified atom stereocenters. The second-order valence-electron chi connectivity index (χ2n) is 19.1. The zero-order valence-corrected chi connectivity index (χ0v) is 39.2. The average molecular weight is 865 g/mol. The molecule has 61 heavy (non-hydrogen) atoms. The predicted molar refractivity (Wildman–Crippen MR) is 232 cm³/mol. The standard InChI is InChI=1S/C44H76N6O11/c1-27(59-42(6,7)8)33(49-35(51)30(45)23-19-20-24-46-40(56)61-44(12,13)14)37(53)47-31(25-29-21-17-16-18-22-29)36(52)50-34(28(2)60-43(9,10)11)38(54)48-32(39(55)57-15)26-58-41(3,4)5/h16-18,21-22,27-28,30-34H,19-20,23-26,45H2,1-15H3,(H,46,56)(H,47,53)(H,48,54)(H,49,51)(H,50,52)/t27-,28-,30+,31+,32+,33+,34+/m1/s1. The van der Waals surface area contributed by atoms with Gasteiger partial charge in [-0.25, -0.2) is 9.59 Å². The summed E-state index contributed by atoms with van der Waals surface area (Å²) in [7, 11) is 1.19. The Hall–Kier alpha value is -4.32. The highest BCUT2D eigenvalue weighted by Crippen LogP contribution is 2.17. The Morgan fingerprint density at radius 2 is 1.11 bits per heavy atom. The first kappa shape index (κ1) is 54.7. The van der Waals surface area contributed by atoms with E-state index >= 15 is 0 Å². The number of benzene rings is 1. The van der Waals surface area contributed by atoms with Crippen LogP contribution in [-0.4, -0.2) is 121 Å². The molecule has 0 radical (unpaired) electrons. The highest BCUT2D eigenvalue weighted by atomic mass is 16.6. The van der Waals surface area contributed by atoms with Gasteiger partial charge in [-0.15, -0.1) is 0 Å². The molecule has 17 nitrogen and oxygen atoms in total. The number of carbonyl (C=O) groups is 6. The van der Waals surface area contributed by atoms with Crippen LogP contribution in [0.25, 0.3) is 0 Å². The summed E-state index contributed by atoms with van der Waals surface area (Å²) in [5, 5.41) is 13.6. The Morgan fingerprint density at radius 3 is 1.57 bits per heavy atom. The van der Waals surface area contributed by atoms with Gasteiger partial charge in [-0.1, -0.05) is 30.3 Å². The predicted octanol–water partition coefficient (Wildman–Crippen LogP) is 3.59. The summed E-state index contributed by atoms with van der Waals surface area (Å²) in [6.45, 7) is 24.8. The van der Waals surface area contributed by atoms with Gasteiger partial charge >= 0.3 is 12.1 Å². The molecule has 0 bridgehead atoms. The van der Waals surface area contributed by atoms with Crippen molar-refractivity contribution in [1.82, 2.24) is 26.6 Å². The molecule has 0 aromatic heterocycles. The molecule has 7 atom stereocenters. The maximum absolute atomic E-state index is 14.4. The zero-order valence-electron chi connectivity index (χ0n) is 39.2. The number of methoxy groups -OCH3 is 1. The normalized spacial score (nSPS) is 15.7. The van der Waals surface area contributed by atoms with Crippen LogP contribution in [-0.2, 0) is 54.1 Å². The summed E-state index contributed by atoms with van der Waals surface area (Å²) >= 11 is 0. The monoisotopic (exact) mass is 865 g/mol. The van der Waals surface area contributed by atoms with Crippen LogP contribution < -0.4 is 32.3 Å². The largest absolute Gasteiger partial charge is 0.467 e. The van der Waals surface area contributed by atoms with Crippen LogP contribution in [0.5, 0.6) is 0 Å². The van der Waals surface area contributed by atoms with Gasteiger partial charge in [0.1, 0.15) is 23.7 Å². The van der Waals surface area contributed by atoms with Gasteiger partial charge in [0.15, 0.2) is 6.04 Å². The molecule has 348 valence electrons. The number of carbonyl (C=O) groups excluding carboxylic acids is 6. The second kappa shape index (κ2) is 24.4. The average Bonchev–Trinajstić information content (AvgIpc) is 3.10. The lowest BCUT2D eigenvalue weighted by molar-refractivity contribution is -0.150. The van der Waals surface area contributed by atoms with Crippen molar-refractivity contribution in [2.75, 3.05) is 20.3 Å². The van der Waals surface area contributed by atoms with Gasteiger partial charge in [-0.3, -0.25) is 19.2 Å². The van der Waals surface area contributed by atoms with Crippen molar-refractivity contribution in [3.05, 3.63) is 35.9 Å². The van der Waals surface area contributed by atoms with E-state index in [0.717, 1.165) is 0 Å². The maximum Gasteiger partial charge on any atom is 0.407 e. The lowest BCUT2D eigenvalue weighted by atomic mass is 10.0. The van der Waals surface area contributed by atoms with Crippen molar-refractivity contribution in [2.24, 2.45) is 5.73 Å². The molecule has 0 aliphatic carbocycles. The third kappa shape index (κ3) is 23.5. The van der Waals surface area contributed by atoms with Gasteiger partial charge < -0.3 is 56.0 Å². The minimum Gasteiger partial charge on any atom is -0.467 e. The summed E-state index contributed by atoms with van der Waals surface area (Å²) in [5.74, 6) is -3.60. The van der Waals surface area contributed by atoms with Crippen LogP contribution in [0.15, 0.2) is 30.3 Å². The summed E-state index contributed by atoms with van der Waals surface area (Å²) in [6, 6.07) is 2.78. The molecular formula is C44H76N6O11. The fraction of sp³-hybridized carbons (Fsp3) is 0.727. The lowest BCUT2D eigenvalue weighted by Crippen LogP contribution is -2.63. The molecule has 5 amide bonds. The highest BCUT2D eigenvalue weighted by Gasteiger charge is 2.38. The number of nitrogens with one attached hydrogen (secondary N) is 5. The minimum atomic E-state index is -1.36. The first-order valence-electron chi connectivity index (χ1n) is 21.0. The number of esters is 1. The Bertz CT molecular complexity index is 1560. The topological polar surface area (TPSA) is 235 Å². The molecule has 1 rings (SSSR count). The van der Waals surface area contributed by atoms with E-state index in [0.29, 0.717) is 24.9 Å². The molecule has 1 aromatic carbocycles. The van der Waals surface area contributed by atoms with Gasteiger partial charge in [-0.05, 0) is 122 Å². The number of rotatable bonds is 22. The summed E-state index contributed by atoms with van der Waals surface area (Å²) in [6.07, 6.45) is -1.10. The van der Waals surface area contributed by atoms with Gasteiger partial charge in [0.2, 0.25) is 23.6 Å².